The molecule has 3 aliphatic heterocycles. The monoisotopic (exact) mass is 508 g/mol. The van der Waals surface area contributed by atoms with Crippen LogP contribution in [0.1, 0.15) is 86.0 Å². The molecule has 7 atom stereocenters. The number of hydrogen-bond donors (Lipinski definition) is 0. The van der Waals surface area contributed by atoms with Gasteiger partial charge in [-0.1, -0.05) is 0 Å². The number of esters is 2. The maximum atomic E-state index is 13.0. The van der Waals surface area contributed by atoms with Crippen molar-refractivity contribution in [2.24, 2.45) is 11.8 Å². The second kappa shape index (κ2) is 10.1. The summed E-state index contributed by atoms with van der Waals surface area (Å²) in [6.07, 6.45) is 4.84. The highest BCUT2D eigenvalue weighted by Gasteiger charge is 2.65. The highest BCUT2D eigenvalue weighted by Crippen LogP contribution is 2.57. The van der Waals surface area contributed by atoms with E-state index in [4.69, 9.17) is 23.7 Å². The lowest BCUT2D eigenvalue weighted by Gasteiger charge is -2.30. The third kappa shape index (κ3) is 6.34. The topological polar surface area (TPSA) is 124 Å². The Morgan fingerprint density at radius 1 is 0.778 bits per heavy atom. The summed E-state index contributed by atoms with van der Waals surface area (Å²) in [5.74, 6) is -2.54. The Labute approximate surface area is 212 Å². The van der Waals surface area contributed by atoms with Gasteiger partial charge >= 0.3 is 11.9 Å². The summed E-state index contributed by atoms with van der Waals surface area (Å²) >= 11 is 0. The fourth-order valence-corrected chi connectivity index (χ4v) is 5.64. The molecule has 0 aromatic carbocycles. The molecular weight excluding hydrogens is 468 g/mol. The maximum absolute atomic E-state index is 13.0. The predicted molar refractivity (Wildman–Crippen MR) is 127 cm³/mol. The smallest absolute Gasteiger partial charge is 0.309 e. The van der Waals surface area contributed by atoms with Crippen LogP contribution in [0.4, 0.5) is 0 Å². The normalized spacial score (nSPS) is 37.4. The first-order valence-electron chi connectivity index (χ1n) is 13.2. The lowest BCUT2D eigenvalue weighted by molar-refractivity contribution is -0.163. The van der Waals surface area contributed by atoms with E-state index in [1.165, 1.54) is 13.8 Å². The van der Waals surface area contributed by atoms with E-state index >= 15 is 0 Å². The largest absolute Gasteiger partial charge is 0.465 e. The minimum Gasteiger partial charge on any atom is -0.465 e. The first kappa shape index (κ1) is 27.2. The minimum atomic E-state index is -0.707. The SMILES string of the molecule is CC(=O)CCOC(=O)C1CC2OC2(CCC2OC2(C)CCC2OC2(C)C)CC1C(=O)OCCC(C)=O. The van der Waals surface area contributed by atoms with E-state index in [1.54, 1.807) is 0 Å². The van der Waals surface area contributed by atoms with E-state index in [0.29, 0.717) is 18.9 Å². The lowest BCUT2D eigenvalue weighted by Crippen LogP contribution is -2.42. The van der Waals surface area contributed by atoms with Crippen LogP contribution in [0.5, 0.6) is 0 Å². The highest BCUT2D eigenvalue weighted by atomic mass is 16.6. The molecule has 4 rings (SSSR count). The molecule has 0 bridgehead atoms. The number of epoxide rings is 3. The van der Waals surface area contributed by atoms with E-state index in [2.05, 4.69) is 20.8 Å². The average molecular weight is 509 g/mol. The van der Waals surface area contributed by atoms with Crippen molar-refractivity contribution in [1.82, 2.24) is 0 Å². The van der Waals surface area contributed by atoms with Crippen molar-refractivity contribution in [2.75, 3.05) is 13.2 Å². The van der Waals surface area contributed by atoms with Crippen LogP contribution in [0.25, 0.3) is 0 Å². The van der Waals surface area contributed by atoms with Gasteiger partial charge in [-0.05, 0) is 73.1 Å². The standard InChI is InChI=1S/C27H40O9/c1-16(28)8-12-32-23(30)18-14-22-27(36-22,15-19(18)24(31)33-13-9-17(2)29)11-7-21-26(5,35-21)10-6-20-25(3,4)34-20/h18-22H,6-15H2,1-5H3. The molecular formula is C27H40O9. The van der Waals surface area contributed by atoms with Crippen molar-refractivity contribution in [3.05, 3.63) is 0 Å². The zero-order valence-corrected chi connectivity index (χ0v) is 22.1. The molecule has 9 nitrogen and oxygen atoms in total. The molecule has 0 spiro atoms. The van der Waals surface area contributed by atoms with E-state index in [1.807, 2.05) is 0 Å². The lowest BCUT2D eigenvalue weighted by atomic mass is 9.72. The van der Waals surface area contributed by atoms with Crippen molar-refractivity contribution < 1.29 is 42.9 Å². The number of rotatable bonds is 14. The highest BCUT2D eigenvalue weighted by molar-refractivity contribution is 5.83. The maximum Gasteiger partial charge on any atom is 0.309 e. The van der Waals surface area contributed by atoms with Crippen LogP contribution in [0.2, 0.25) is 0 Å². The summed E-state index contributed by atoms with van der Waals surface area (Å²) in [5.41, 5.74) is -0.630. The van der Waals surface area contributed by atoms with Crippen LogP contribution in [0.3, 0.4) is 0 Å². The van der Waals surface area contributed by atoms with Gasteiger partial charge in [-0.25, -0.2) is 0 Å². The van der Waals surface area contributed by atoms with Crippen LogP contribution in [-0.2, 0) is 42.9 Å². The van der Waals surface area contributed by atoms with Gasteiger partial charge in [-0.15, -0.1) is 0 Å². The number of carbonyl (C=O) groups excluding carboxylic acids is 4. The average Bonchev–Trinajstić information content (AvgIpc) is 3.72. The fourth-order valence-electron chi connectivity index (χ4n) is 5.64. The Morgan fingerprint density at radius 3 is 1.89 bits per heavy atom. The first-order valence-corrected chi connectivity index (χ1v) is 13.2. The van der Waals surface area contributed by atoms with Crippen LogP contribution in [-0.4, -0.2) is 71.8 Å². The summed E-state index contributed by atoms with van der Waals surface area (Å²) in [6, 6.07) is 0. The van der Waals surface area contributed by atoms with Crippen molar-refractivity contribution in [3.8, 4) is 0 Å². The molecule has 0 aromatic heterocycles. The molecule has 1 saturated carbocycles. The van der Waals surface area contributed by atoms with Gasteiger partial charge in [0.2, 0.25) is 0 Å². The molecule has 0 radical (unpaired) electrons. The second-order valence-electron chi connectivity index (χ2n) is 11.8. The molecule has 0 amide bonds. The Hall–Kier alpha value is -1.84. The number of carbonyl (C=O) groups is 4. The third-order valence-electron chi connectivity index (χ3n) is 8.36. The molecule has 0 N–H and O–H groups in total. The number of fused-ring (bicyclic) bond motifs is 1. The molecule has 1 aliphatic carbocycles. The molecule has 3 heterocycles. The summed E-state index contributed by atoms with van der Waals surface area (Å²) in [5, 5.41) is 0. The summed E-state index contributed by atoms with van der Waals surface area (Å²) < 4.78 is 28.5. The summed E-state index contributed by atoms with van der Waals surface area (Å²) in [7, 11) is 0. The van der Waals surface area contributed by atoms with Crippen molar-refractivity contribution in [3.63, 3.8) is 0 Å². The first-order chi connectivity index (χ1) is 16.9. The van der Waals surface area contributed by atoms with Crippen LogP contribution in [0.15, 0.2) is 0 Å². The number of Topliss-reactive ketones (excluding diaryl/α,β-unsaturated/α-hetero) is 2. The van der Waals surface area contributed by atoms with Gasteiger partial charge in [0.15, 0.2) is 0 Å². The molecule has 4 fully saturated rings. The zero-order valence-electron chi connectivity index (χ0n) is 22.1. The van der Waals surface area contributed by atoms with E-state index in [9.17, 15) is 19.2 Å². The third-order valence-corrected chi connectivity index (χ3v) is 8.36. The van der Waals surface area contributed by atoms with E-state index in [-0.39, 0.29) is 61.0 Å². The molecule has 36 heavy (non-hydrogen) atoms. The Morgan fingerprint density at radius 2 is 1.33 bits per heavy atom. The van der Waals surface area contributed by atoms with Gasteiger partial charge in [0.25, 0.3) is 0 Å². The minimum absolute atomic E-state index is 0.00583. The Balaban J connectivity index is 1.31. The molecule has 9 heteroatoms. The van der Waals surface area contributed by atoms with Crippen LogP contribution in [0, 0.1) is 11.8 Å². The van der Waals surface area contributed by atoms with Gasteiger partial charge < -0.3 is 23.7 Å². The van der Waals surface area contributed by atoms with Gasteiger partial charge in [0.05, 0.1) is 60.2 Å². The van der Waals surface area contributed by atoms with Gasteiger partial charge in [-0.2, -0.15) is 0 Å². The molecule has 7 unspecified atom stereocenters. The van der Waals surface area contributed by atoms with Crippen molar-refractivity contribution in [2.45, 2.75) is 121 Å². The summed E-state index contributed by atoms with van der Waals surface area (Å²) in [6.45, 7) is 9.20. The summed E-state index contributed by atoms with van der Waals surface area (Å²) in [4.78, 5) is 48.2. The Kier molecular flexibility index (Phi) is 7.66. The van der Waals surface area contributed by atoms with Crippen LogP contribution >= 0.6 is 0 Å². The van der Waals surface area contributed by atoms with Gasteiger partial charge in [0.1, 0.15) is 11.6 Å². The molecule has 0 aromatic rings. The number of hydrogen-bond acceptors (Lipinski definition) is 9. The Bertz CT molecular complexity index is 898. The second-order valence-corrected chi connectivity index (χ2v) is 11.8. The molecule has 3 saturated heterocycles. The van der Waals surface area contributed by atoms with Crippen molar-refractivity contribution in [1.29, 1.82) is 0 Å². The van der Waals surface area contributed by atoms with E-state index in [0.717, 1.165) is 25.7 Å². The van der Waals surface area contributed by atoms with Crippen molar-refractivity contribution >= 4 is 23.5 Å². The fraction of sp³-hybridized carbons (Fsp3) is 0.852. The number of ether oxygens (including phenoxy) is 5. The number of ketones is 2. The predicted octanol–water partition coefficient (Wildman–Crippen LogP) is 3.09. The van der Waals surface area contributed by atoms with Crippen LogP contribution < -0.4 is 0 Å². The van der Waals surface area contributed by atoms with Gasteiger partial charge in [-0.3, -0.25) is 19.2 Å². The molecule has 4 aliphatic rings. The zero-order chi connectivity index (χ0) is 26.3. The molecule has 202 valence electrons. The van der Waals surface area contributed by atoms with E-state index < -0.39 is 29.4 Å². The quantitative estimate of drug-likeness (QED) is 0.257. The van der Waals surface area contributed by atoms with Gasteiger partial charge in [0, 0.05) is 12.8 Å².